The van der Waals surface area contributed by atoms with E-state index in [2.05, 4.69) is 10.3 Å². The van der Waals surface area contributed by atoms with E-state index in [1.54, 1.807) is 18.5 Å². The molecule has 0 aromatic carbocycles. The van der Waals surface area contributed by atoms with Crippen molar-refractivity contribution in [1.82, 2.24) is 10.3 Å². The number of hydrogen-bond donors (Lipinski definition) is 2. The number of aromatic nitrogens is 1. The number of aliphatic carboxylic acids is 1. The van der Waals surface area contributed by atoms with E-state index in [1.165, 1.54) is 0 Å². The van der Waals surface area contributed by atoms with Crippen molar-refractivity contribution >= 4 is 11.9 Å². The third kappa shape index (κ3) is 2.81. The second-order valence-electron chi connectivity index (χ2n) is 4.23. The van der Waals surface area contributed by atoms with Crippen molar-refractivity contribution in [2.45, 2.75) is 25.3 Å². The van der Waals surface area contributed by atoms with Crippen molar-refractivity contribution in [3.63, 3.8) is 0 Å². The molecule has 17 heavy (non-hydrogen) atoms. The fourth-order valence-corrected chi connectivity index (χ4v) is 2.21. The number of hydrogen-bond acceptors (Lipinski definition) is 3. The Hall–Kier alpha value is -1.91. The highest BCUT2D eigenvalue weighted by Crippen LogP contribution is 2.31. The first-order valence-corrected chi connectivity index (χ1v) is 5.58. The monoisotopic (exact) mass is 234 g/mol. The van der Waals surface area contributed by atoms with Crippen LogP contribution < -0.4 is 5.32 Å². The van der Waals surface area contributed by atoms with Crippen LogP contribution in [0.3, 0.4) is 0 Å². The molecule has 0 saturated carbocycles. The number of amides is 1. The predicted octanol–water partition coefficient (Wildman–Crippen LogP) is 1.12. The third-order valence-electron chi connectivity index (χ3n) is 3.01. The zero-order valence-corrected chi connectivity index (χ0v) is 9.30. The van der Waals surface area contributed by atoms with Crippen LogP contribution >= 0.6 is 0 Å². The third-order valence-corrected chi connectivity index (χ3v) is 3.01. The summed E-state index contributed by atoms with van der Waals surface area (Å²) in [7, 11) is 0. The van der Waals surface area contributed by atoms with Gasteiger partial charge in [-0.25, -0.2) is 0 Å². The number of carbonyl (C=O) groups excluding carboxylic acids is 1. The normalized spacial score (nSPS) is 24.1. The van der Waals surface area contributed by atoms with Crippen molar-refractivity contribution in [3.8, 4) is 0 Å². The van der Waals surface area contributed by atoms with Crippen molar-refractivity contribution in [1.29, 1.82) is 0 Å². The van der Waals surface area contributed by atoms with Gasteiger partial charge in [-0.05, 0) is 24.0 Å². The summed E-state index contributed by atoms with van der Waals surface area (Å²) in [6.45, 7) is 0. The van der Waals surface area contributed by atoms with Crippen molar-refractivity contribution in [2.24, 2.45) is 5.92 Å². The zero-order valence-electron chi connectivity index (χ0n) is 9.30. The number of rotatable bonds is 3. The maximum atomic E-state index is 11.4. The van der Waals surface area contributed by atoms with Gasteiger partial charge < -0.3 is 10.4 Å². The number of carboxylic acids is 1. The Labute approximate surface area is 98.9 Å². The van der Waals surface area contributed by atoms with E-state index in [4.69, 9.17) is 5.11 Å². The highest BCUT2D eigenvalue weighted by atomic mass is 16.4. The molecule has 1 aliphatic rings. The lowest BCUT2D eigenvalue weighted by molar-refractivity contribution is -0.139. The molecule has 2 heterocycles. The van der Waals surface area contributed by atoms with E-state index in [1.807, 2.05) is 6.07 Å². The molecule has 1 amide bonds. The molecular weight excluding hydrogens is 220 g/mol. The van der Waals surface area contributed by atoms with Crippen LogP contribution in [0.4, 0.5) is 0 Å². The van der Waals surface area contributed by atoms with Crippen LogP contribution in [0.25, 0.3) is 0 Å². The highest BCUT2D eigenvalue weighted by molar-refractivity contribution is 5.78. The topological polar surface area (TPSA) is 79.3 Å². The van der Waals surface area contributed by atoms with E-state index in [0.717, 1.165) is 5.56 Å². The SMILES string of the molecule is O=C(O)C[C@H]1CCC(=O)N[C@@H]1c1cccnc1. The minimum atomic E-state index is -0.833. The summed E-state index contributed by atoms with van der Waals surface area (Å²) in [5, 5.41) is 11.7. The molecule has 1 aliphatic heterocycles. The Morgan fingerprint density at radius 2 is 2.41 bits per heavy atom. The van der Waals surface area contributed by atoms with Crippen LogP contribution in [0.15, 0.2) is 24.5 Å². The van der Waals surface area contributed by atoms with E-state index >= 15 is 0 Å². The standard InChI is InChI=1S/C12H14N2O3/c15-10-4-3-8(6-11(16)17)12(14-10)9-2-1-5-13-7-9/h1-2,5,7-8,12H,3-4,6H2,(H,14,15)(H,16,17)/t8-,12+/m1/s1. The predicted molar refractivity (Wildman–Crippen MR) is 60.1 cm³/mol. The van der Waals surface area contributed by atoms with Crippen LogP contribution in [-0.2, 0) is 9.59 Å². The van der Waals surface area contributed by atoms with Gasteiger partial charge in [-0.1, -0.05) is 6.07 Å². The minimum absolute atomic E-state index is 0.0273. The molecule has 1 fully saturated rings. The molecule has 0 spiro atoms. The van der Waals surface area contributed by atoms with E-state index in [0.29, 0.717) is 12.8 Å². The zero-order chi connectivity index (χ0) is 12.3. The Balaban J connectivity index is 2.19. The minimum Gasteiger partial charge on any atom is -0.481 e. The van der Waals surface area contributed by atoms with Crippen LogP contribution in [0, 0.1) is 5.92 Å². The molecule has 0 aliphatic carbocycles. The number of pyridine rings is 1. The fourth-order valence-electron chi connectivity index (χ4n) is 2.21. The van der Waals surface area contributed by atoms with E-state index in [9.17, 15) is 9.59 Å². The van der Waals surface area contributed by atoms with Crippen molar-refractivity contribution in [2.75, 3.05) is 0 Å². The fraction of sp³-hybridized carbons (Fsp3) is 0.417. The summed E-state index contributed by atoms with van der Waals surface area (Å²) >= 11 is 0. The Morgan fingerprint density at radius 1 is 1.59 bits per heavy atom. The van der Waals surface area contributed by atoms with Crippen LogP contribution in [0.2, 0.25) is 0 Å². The van der Waals surface area contributed by atoms with Gasteiger partial charge in [-0.2, -0.15) is 0 Å². The van der Waals surface area contributed by atoms with Gasteiger partial charge in [-0.3, -0.25) is 14.6 Å². The summed E-state index contributed by atoms with van der Waals surface area (Å²) in [5.41, 5.74) is 0.867. The summed E-state index contributed by atoms with van der Waals surface area (Å²) in [6, 6.07) is 3.41. The first-order valence-electron chi connectivity index (χ1n) is 5.58. The molecule has 1 aromatic rings. The summed E-state index contributed by atoms with van der Waals surface area (Å²) in [5.74, 6) is -0.921. The lowest BCUT2D eigenvalue weighted by Gasteiger charge is -2.31. The molecule has 0 radical (unpaired) electrons. The molecule has 1 saturated heterocycles. The van der Waals surface area contributed by atoms with Gasteiger partial charge in [0.05, 0.1) is 12.5 Å². The molecule has 5 heteroatoms. The summed E-state index contributed by atoms with van der Waals surface area (Å²) < 4.78 is 0. The van der Waals surface area contributed by atoms with Crippen LogP contribution in [0.5, 0.6) is 0 Å². The second kappa shape index (κ2) is 4.95. The molecular formula is C12H14N2O3. The van der Waals surface area contributed by atoms with Gasteiger partial charge in [-0.15, -0.1) is 0 Å². The Bertz CT molecular complexity index is 419. The lowest BCUT2D eigenvalue weighted by Crippen LogP contribution is -2.39. The molecule has 2 rings (SSSR count). The van der Waals surface area contributed by atoms with Gasteiger partial charge in [0.1, 0.15) is 0 Å². The lowest BCUT2D eigenvalue weighted by atomic mass is 9.84. The number of carbonyl (C=O) groups is 2. The van der Waals surface area contributed by atoms with Crippen molar-refractivity contribution < 1.29 is 14.7 Å². The van der Waals surface area contributed by atoms with Crippen LogP contribution in [-0.4, -0.2) is 22.0 Å². The molecule has 1 aromatic heterocycles. The summed E-state index contributed by atoms with van der Waals surface area (Å²) in [4.78, 5) is 26.2. The van der Waals surface area contributed by atoms with Gasteiger partial charge in [0.25, 0.3) is 0 Å². The number of piperidine rings is 1. The van der Waals surface area contributed by atoms with Crippen molar-refractivity contribution in [3.05, 3.63) is 30.1 Å². The maximum absolute atomic E-state index is 11.4. The molecule has 2 N–H and O–H groups in total. The molecule has 2 atom stereocenters. The van der Waals surface area contributed by atoms with Gasteiger partial charge in [0, 0.05) is 18.8 Å². The first-order chi connectivity index (χ1) is 8.16. The summed E-state index contributed by atoms with van der Waals surface area (Å²) in [6.07, 6.45) is 4.40. The van der Waals surface area contributed by atoms with E-state index < -0.39 is 5.97 Å². The first kappa shape index (κ1) is 11.6. The van der Waals surface area contributed by atoms with Crippen LogP contribution in [0.1, 0.15) is 30.9 Å². The molecule has 90 valence electrons. The Morgan fingerprint density at radius 3 is 3.06 bits per heavy atom. The van der Waals surface area contributed by atoms with E-state index in [-0.39, 0.29) is 24.3 Å². The second-order valence-corrected chi connectivity index (χ2v) is 4.23. The largest absolute Gasteiger partial charge is 0.481 e. The molecule has 5 nitrogen and oxygen atoms in total. The number of nitrogens with one attached hydrogen (secondary N) is 1. The smallest absolute Gasteiger partial charge is 0.303 e. The molecule has 0 bridgehead atoms. The highest BCUT2D eigenvalue weighted by Gasteiger charge is 2.31. The average molecular weight is 234 g/mol. The average Bonchev–Trinajstić information content (AvgIpc) is 2.32. The maximum Gasteiger partial charge on any atom is 0.303 e. The number of carboxylic acid groups (broad SMARTS) is 1. The van der Waals surface area contributed by atoms with Gasteiger partial charge >= 0.3 is 5.97 Å². The molecule has 0 unspecified atom stereocenters. The van der Waals surface area contributed by atoms with Gasteiger partial charge in [0.2, 0.25) is 5.91 Å². The van der Waals surface area contributed by atoms with Gasteiger partial charge in [0.15, 0.2) is 0 Å². The Kier molecular flexibility index (Phi) is 3.37. The number of nitrogens with zero attached hydrogens (tertiary/aromatic N) is 1. The quantitative estimate of drug-likeness (QED) is 0.821.